The van der Waals surface area contributed by atoms with Crippen molar-refractivity contribution in [3.05, 3.63) is 52.0 Å². The second-order valence-electron chi connectivity index (χ2n) is 4.35. The number of hydrogen-bond donors (Lipinski definition) is 2. The molecule has 0 bridgehead atoms. The van der Waals surface area contributed by atoms with Crippen molar-refractivity contribution >= 4 is 17.2 Å². The Balaban J connectivity index is 1.87. The molecule has 0 unspecified atom stereocenters. The van der Waals surface area contributed by atoms with Crippen LogP contribution < -0.4 is 5.32 Å². The number of pyridine rings is 1. The zero-order valence-corrected chi connectivity index (χ0v) is 12.3. The Hall–Kier alpha value is -2.16. The van der Waals surface area contributed by atoms with Crippen LogP contribution in [0.1, 0.15) is 22.4 Å². The van der Waals surface area contributed by atoms with Gasteiger partial charge in [-0.25, -0.2) is 0 Å². The first-order valence-electron chi connectivity index (χ1n) is 6.61. The number of hydrogen-bond acceptors (Lipinski definition) is 4. The Morgan fingerprint density at radius 2 is 2.33 bits per heavy atom. The molecule has 108 valence electrons. The predicted octanol–water partition coefficient (Wildman–Crippen LogP) is 1.74. The standard InChI is InChI=1S/C16H16N2O2S/c19-8-2-1-5-14-6-9-21-15(14)12-18-16(20)10-13-4-3-7-17-11-13/h3-4,6-7,9,11,19H,2,8,10,12H2,(H,18,20). The van der Waals surface area contributed by atoms with Crippen LogP contribution in [0.25, 0.3) is 0 Å². The molecule has 2 N–H and O–H groups in total. The van der Waals surface area contributed by atoms with Gasteiger partial charge >= 0.3 is 0 Å². The van der Waals surface area contributed by atoms with Gasteiger partial charge in [0, 0.05) is 29.3 Å². The van der Waals surface area contributed by atoms with E-state index in [1.165, 1.54) is 0 Å². The molecule has 0 saturated carbocycles. The monoisotopic (exact) mass is 300 g/mol. The quantitative estimate of drug-likeness (QED) is 0.827. The third-order valence-electron chi connectivity index (χ3n) is 2.74. The van der Waals surface area contributed by atoms with E-state index < -0.39 is 0 Å². The number of aliphatic hydroxyl groups is 1. The van der Waals surface area contributed by atoms with Crippen molar-refractivity contribution in [1.82, 2.24) is 10.3 Å². The third kappa shape index (κ3) is 5.03. The van der Waals surface area contributed by atoms with Crippen molar-refractivity contribution in [1.29, 1.82) is 0 Å². The number of rotatable bonds is 5. The van der Waals surface area contributed by atoms with Gasteiger partial charge in [0.05, 0.1) is 19.6 Å². The largest absolute Gasteiger partial charge is 0.395 e. The average molecular weight is 300 g/mol. The molecule has 2 aromatic rings. The molecule has 21 heavy (non-hydrogen) atoms. The van der Waals surface area contributed by atoms with Gasteiger partial charge in [-0.1, -0.05) is 17.9 Å². The van der Waals surface area contributed by atoms with E-state index in [0.717, 1.165) is 16.0 Å². The van der Waals surface area contributed by atoms with E-state index in [-0.39, 0.29) is 12.5 Å². The van der Waals surface area contributed by atoms with E-state index in [1.807, 2.05) is 23.6 Å². The van der Waals surface area contributed by atoms with Crippen LogP contribution in [0.3, 0.4) is 0 Å². The van der Waals surface area contributed by atoms with Crippen LogP contribution in [0, 0.1) is 11.8 Å². The molecule has 1 amide bonds. The highest BCUT2D eigenvalue weighted by Gasteiger charge is 2.06. The molecule has 2 rings (SSSR count). The molecule has 0 saturated heterocycles. The minimum atomic E-state index is -0.0364. The molecule has 5 heteroatoms. The van der Waals surface area contributed by atoms with E-state index in [2.05, 4.69) is 22.1 Å². The van der Waals surface area contributed by atoms with Crippen molar-refractivity contribution in [2.75, 3.05) is 6.61 Å². The molecule has 2 aromatic heterocycles. The van der Waals surface area contributed by atoms with Crippen LogP contribution in [-0.4, -0.2) is 22.6 Å². The molecule has 0 aliphatic heterocycles. The summed E-state index contributed by atoms with van der Waals surface area (Å²) in [4.78, 5) is 16.9. The van der Waals surface area contributed by atoms with Crippen molar-refractivity contribution in [2.45, 2.75) is 19.4 Å². The molecule has 0 radical (unpaired) electrons. The fraction of sp³-hybridized carbons (Fsp3) is 0.250. The first kappa shape index (κ1) is 15.2. The first-order chi connectivity index (χ1) is 10.3. The van der Waals surface area contributed by atoms with E-state index in [1.54, 1.807) is 23.7 Å². The van der Waals surface area contributed by atoms with Crippen LogP contribution in [0.5, 0.6) is 0 Å². The van der Waals surface area contributed by atoms with Gasteiger partial charge in [0.2, 0.25) is 5.91 Å². The van der Waals surface area contributed by atoms with E-state index in [4.69, 9.17) is 5.11 Å². The highest BCUT2D eigenvalue weighted by Crippen LogP contribution is 2.15. The summed E-state index contributed by atoms with van der Waals surface area (Å²) in [6, 6.07) is 5.62. The van der Waals surface area contributed by atoms with Crippen LogP contribution >= 0.6 is 11.3 Å². The van der Waals surface area contributed by atoms with Crippen molar-refractivity contribution in [2.24, 2.45) is 0 Å². The van der Waals surface area contributed by atoms with Crippen LogP contribution in [0.4, 0.5) is 0 Å². The lowest BCUT2D eigenvalue weighted by atomic mass is 10.2. The predicted molar refractivity (Wildman–Crippen MR) is 82.7 cm³/mol. The zero-order chi connectivity index (χ0) is 14.9. The van der Waals surface area contributed by atoms with Crippen LogP contribution in [-0.2, 0) is 17.8 Å². The van der Waals surface area contributed by atoms with Crippen LogP contribution in [0.2, 0.25) is 0 Å². The lowest BCUT2D eigenvalue weighted by Crippen LogP contribution is -2.24. The molecule has 0 aromatic carbocycles. The van der Waals surface area contributed by atoms with Gasteiger partial charge in [-0.05, 0) is 23.1 Å². The fourth-order valence-corrected chi connectivity index (χ4v) is 2.50. The summed E-state index contributed by atoms with van der Waals surface area (Å²) in [5, 5.41) is 13.6. The Labute approximate surface area is 127 Å². The second kappa shape index (κ2) is 8.20. The summed E-state index contributed by atoms with van der Waals surface area (Å²) < 4.78 is 0. The number of aliphatic hydroxyl groups excluding tert-OH is 1. The molecule has 0 atom stereocenters. The number of carbonyl (C=O) groups is 1. The van der Waals surface area contributed by atoms with Gasteiger partial charge in [0.25, 0.3) is 0 Å². The topological polar surface area (TPSA) is 62.2 Å². The third-order valence-corrected chi connectivity index (χ3v) is 3.66. The first-order valence-corrected chi connectivity index (χ1v) is 7.49. The number of nitrogens with one attached hydrogen (secondary N) is 1. The second-order valence-corrected chi connectivity index (χ2v) is 5.35. The number of thiophene rings is 1. The summed E-state index contributed by atoms with van der Waals surface area (Å²) >= 11 is 1.56. The van der Waals surface area contributed by atoms with E-state index in [0.29, 0.717) is 19.4 Å². The molecular formula is C16H16N2O2S. The maximum atomic E-state index is 11.9. The molecule has 0 spiro atoms. The van der Waals surface area contributed by atoms with Crippen molar-refractivity contribution in [3.63, 3.8) is 0 Å². The summed E-state index contributed by atoms with van der Waals surface area (Å²) in [7, 11) is 0. The smallest absolute Gasteiger partial charge is 0.224 e. The number of carbonyl (C=O) groups excluding carboxylic acids is 1. The highest BCUT2D eigenvalue weighted by molar-refractivity contribution is 7.10. The Bertz CT molecular complexity index is 641. The fourth-order valence-electron chi connectivity index (χ4n) is 1.73. The molecule has 0 aliphatic carbocycles. The van der Waals surface area contributed by atoms with Crippen molar-refractivity contribution < 1.29 is 9.90 Å². The average Bonchev–Trinajstić information content (AvgIpc) is 2.94. The Morgan fingerprint density at radius 3 is 3.10 bits per heavy atom. The zero-order valence-electron chi connectivity index (χ0n) is 11.5. The highest BCUT2D eigenvalue weighted by atomic mass is 32.1. The summed E-state index contributed by atoms with van der Waals surface area (Å²) in [5.74, 6) is 5.86. The van der Waals surface area contributed by atoms with Gasteiger partial charge in [0.1, 0.15) is 0 Å². The maximum absolute atomic E-state index is 11.9. The lowest BCUT2D eigenvalue weighted by Gasteiger charge is -2.04. The van der Waals surface area contributed by atoms with Gasteiger partial charge in [0.15, 0.2) is 0 Å². The molecular weight excluding hydrogens is 284 g/mol. The van der Waals surface area contributed by atoms with Gasteiger partial charge < -0.3 is 10.4 Å². The van der Waals surface area contributed by atoms with Gasteiger partial charge in [-0.3, -0.25) is 9.78 Å². The minimum Gasteiger partial charge on any atom is -0.395 e. The molecule has 0 fully saturated rings. The van der Waals surface area contributed by atoms with Gasteiger partial charge in [-0.2, -0.15) is 0 Å². The number of amides is 1. The maximum Gasteiger partial charge on any atom is 0.224 e. The van der Waals surface area contributed by atoms with Gasteiger partial charge in [-0.15, -0.1) is 11.3 Å². The molecule has 0 aliphatic rings. The van der Waals surface area contributed by atoms with Crippen LogP contribution in [0.15, 0.2) is 36.0 Å². The van der Waals surface area contributed by atoms with E-state index >= 15 is 0 Å². The summed E-state index contributed by atoms with van der Waals surface area (Å²) in [6.45, 7) is 0.536. The number of aromatic nitrogens is 1. The summed E-state index contributed by atoms with van der Waals surface area (Å²) in [5.41, 5.74) is 1.80. The molecule has 2 heterocycles. The van der Waals surface area contributed by atoms with E-state index in [9.17, 15) is 4.79 Å². The lowest BCUT2D eigenvalue weighted by molar-refractivity contribution is -0.120. The Morgan fingerprint density at radius 1 is 1.43 bits per heavy atom. The molecule has 4 nitrogen and oxygen atoms in total. The SMILES string of the molecule is O=C(Cc1cccnc1)NCc1sccc1C#CCCO. The van der Waals surface area contributed by atoms with Crippen molar-refractivity contribution in [3.8, 4) is 11.8 Å². The summed E-state index contributed by atoms with van der Waals surface area (Å²) in [6.07, 6.45) is 4.16. The Kier molecular flexibility index (Phi) is 5.95. The minimum absolute atomic E-state index is 0.0364. The number of nitrogens with zero attached hydrogens (tertiary/aromatic N) is 1. The normalized spacial score (nSPS) is 9.76.